The molecule has 1 unspecified atom stereocenters. The summed E-state index contributed by atoms with van der Waals surface area (Å²) in [4.78, 5) is 12.3. The third kappa shape index (κ3) is 2.93. The summed E-state index contributed by atoms with van der Waals surface area (Å²) in [5.41, 5.74) is 8.74. The monoisotopic (exact) mass is 350 g/mol. The van der Waals surface area contributed by atoms with Gasteiger partial charge in [0, 0.05) is 23.4 Å². The van der Waals surface area contributed by atoms with Crippen molar-refractivity contribution in [2.45, 2.75) is 43.7 Å². The number of nitrogens with two attached hydrogens (primary N) is 1. The van der Waals surface area contributed by atoms with Crippen molar-refractivity contribution in [2.75, 3.05) is 12.9 Å². The van der Waals surface area contributed by atoms with Gasteiger partial charge in [-0.2, -0.15) is 0 Å². The quantitative estimate of drug-likeness (QED) is 0.842. The zero-order valence-corrected chi connectivity index (χ0v) is 14.7. The Morgan fingerprint density at radius 2 is 2.17 bits per heavy atom. The van der Waals surface area contributed by atoms with E-state index in [0.717, 1.165) is 29.5 Å². The number of hydrogen-bond donors (Lipinski definition) is 1. The molecule has 0 radical (unpaired) electrons. The smallest absolute Gasteiger partial charge is 0.325 e. The van der Waals surface area contributed by atoms with E-state index in [9.17, 15) is 13.2 Å². The van der Waals surface area contributed by atoms with Crippen LogP contribution in [0.3, 0.4) is 0 Å². The van der Waals surface area contributed by atoms with Crippen molar-refractivity contribution in [1.82, 2.24) is 4.57 Å². The van der Waals surface area contributed by atoms with Gasteiger partial charge >= 0.3 is 5.97 Å². The van der Waals surface area contributed by atoms with E-state index in [1.165, 1.54) is 6.26 Å². The number of sulfone groups is 1. The molecule has 1 aromatic carbocycles. The summed E-state index contributed by atoms with van der Waals surface area (Å²) in [5.74, 6) is -0.365. The van der Waals surface area contributed by atoms with Gasteiger partial charge in [-0.05, 0) is 37.8 Å². The second kappa shape index (κ2) is 6.22. The lowest BCUT2D eigenvalue weighted by atomic mass is 9.92. The van der Waals surface area contributed by atoms with Crippen LogP contribution in [0.2, 0.25) is 0 Å². The molecule has 0 spiro atoms. The fraction of sp³-hybridized carbons (Fsp3) is 0.471. The number of carbonyl (C=O) groups is 1. The molecular weight excluding hydrogens is 328 g/mol. The van der Waals surface area contributed by atoms with Crippen LogP contribution in [0.15, 0.2) is 23.1 Å². The van der Waals surface area contributed by atoms with Crippen LogP contribution in [0.5, 0.6) is 0 Å². The minimum absolute atomic E-state index is 0.0153. The van der Waals surface area contributed by atoms with E-state index in [2.05, 4.69) is 0 Å². The molecule has 7 heteroatoms. The van der Waals surface area contributed by atoms with Gasteiger partial charge in [0.2, 0.25) is 0 Å². The summed E-state index contributed by atoms with van der Waals surface area (Å²) in [5, 5.41) is 0.868. The van der Waals surface area contributed by atoms with Crippen molar-refractivity contribution in [1.29, 1.82) is 0 Å². The highest BCUT2D eigenvalue weighted by Gasteiger charge is 2.27. The van der Waals surface area contributed by atoms with E-state index in [0.29, 0.717) is 18.5 Å². The predicted octanol–water partition coefficient (Wildman–Crippen LogP) is 1.42. The number of ether oxygens (including phenoxy) is 1. The van der Waals surface area contributed by atoms with Gasteiger partial charge in [-0.25, -0.2) is 8.42 Å². The molecular formula is C17H22N2O4S. The number of rotatable bonds is 4. The molecule has 0 amide bonds. The zero-order valence-electron chi connectivity index (χ0n) is 13.9. The van der Waals surface area contributed by atoms with E-state index in [1.807, 2.05) is 10.6 Å². The molecule has 2 N–H and O–H groups in total. The second-order valence-corrected chi connectivity index (χ2v) is 8.23. The van der Waals surface area contributed by atoms with Gasteiger partial charge in [-0.1, -0.05) is 12.1 Å². The Morgan fingerprint density at radius 1 is 1.42 bits per heavy atom. The Labute approximate surface area is 141 Å². The van der Waals surface area contributed by atoms with Gasteiger partial charge in [0.25, 0.3) is 0 Å². The summed E-state index contributed by atoms with van der Waals surface area (Å²) < 4.78 is 31.3. The van der Waals surface area contributed by atoms with Gasteiger partial charge in [-0.15, -0.1) is 0 Å². The molecule has 0 aliphatic heterocycles. The Bertz CT molecular complexity index is 899. The minimum atomic E-state index is -3.42. The molecule has 0 saturated heterocycles. The maximum absolute atomic E-state index is 12.2. The topological polar surface area (TPSA) is 91.4 Å². The number of aromatic nitrogens is 1. The number of fused-ring (bicyclic) bond motifs is 3. The third-order valence-electron chi connectivity index (χ3n) is 4.48. The van der Waals surface area contributed by atoms with Crippen LogP contribution in [0.1, 0.15) is 24.6 Å². The van der Waals surface area contributed by atoms with Gasteiger partial charge in [0.15, 0.2) is 9.84 Å². The summed E-state index contributed by atoms with van der Waals surface area (Å²) in [7, 11) is -3.42. The first-order valence-electron chi connectivity index (χ1n) is 8.07. The number of esters is 1. The number of para-hydroxylation sites is 1. The first kappa shape index (κ1) is 17.0. The van der Waals surface area contributed by atoms with Crippen LogP contribution >= 0.6 is 0 Å². The van der Waals surface area contributed by atoms with Gasteiger partial charge in [-0.3, -0.25) is 4.79 Å². The molecule has 0 bridgehead atoms. The van der Waals surface area contributed by atoms with Crippen molar-refractivity contribution in [2.24, 2.45) is 5.73 Å². The average Bonchev–Trinajstić information content (AvgIpc) is 2.80. The third-order valence-corrected chi connectivity index (χ3v) is 5.61. The van der Waals surface area contributed by atoms with E-state index >= 15 is 0 Å². The summed E-state index contributed by atoms with van der Waals surface area (Å²) in [6.07, 6.45) is 3.43. The molecule has 3 rings (SSSR count). The largest absolute Gasteiger partial charge is 0.465 e. The molecule has 1 atom stereocenters. The number of carbonyl (C=O) groups excluding carboxylic acids is 1. The van der Waals surface area contributed by atoms with Crippen LogP contribution < -0.4 is 5.73 Å². The Morgan fingerprint density at radius 3 is 2.83 bits per heavy atom. The highest BCUT2D eigenvalue weighted by Crippen LogP contribution is 2.35. The predicted molar refractivity (Wildman–Crippen MR) is 91.7 cm³/mol. The SMILES string of the molecule is CCOC(=O)Cn1c2c(c3cccc(S(C)(=O)=O)c31)CC(N)CC2. The molecule has 6 nitrogen and oxygen atoms in total. The Balaban J connectivity index is 2.29. The van der Waals surface area contributed by atoms with E-state index < -0.39 is 9.84 Å². The van der Waals surface area contributed by atoms with Crippen LogP contribution in [0, 0.1) is 0 Å². The normalized spacial score (nSPS) is 17.7. The first-order chi connectivity index (χ1) is 11.3. The summed E-state index contributed by atoms with van der Waals surface area (Å²) in [6.45, 7) is 2.06. The molecule has 1 aliphatic rings. The zero-order chi connectivity index (χ0) is 17.5. The number of nitrogens with zero attached hydrogens (tertiary/aromatic N) is 1. The Kier molecular flexibility index (Phi) is 4.40. The van der Waals surface area contributed by atoms with Crippen molar-refractivity contribution < 1.29 is 17.9 Å². The van der Waals surface area contributed by atoms with Crippen molar-refractivity contribution in [3.63, 3.8) is 0 Å². The maximum atomic E-state index is 12.2. The lowest BCUT2D eigenvalue weighted by Gasteiger charge is -2.20. The molecule has 0 saturated carbocycles. The molecule has 1 heterocycles. The first-order valence-corrected chi connectivity index (χ1v) is 9.96. The summed E-state index contributed by atoms with van der Waals surface area (Å²) in [6, 6.07) is 5.29. The van der Waals surface area contributed by atoms with E-state index in [1.54, 1.807) is 19.1 Å². The van der Waals surface area contributed by atoms with Crippen LogP contribution in [0.25, 0.3) is 10.9 Å². The van der Waals surface area contributed by atoms with Crippen molar-refractivity contribution >= 4 is 26.7 Å². The highest BCUT2D eigenvalue weighted by molar-refractivity contribution is 7.91. The molecule has 1 aliphatic carbocycles. The highest BCUT2D eigenvalue weighted by atomic mass is 32.2. The molecule has 1 aromatic heterocycles. The average molecular weight is 350 g/mol. The summed E-state index contributed by atoms with van der Waals surface area (Å²) >= 11 is 0. The van der Waals surface area contributed by atoms with Crippen molar-refractivity contribution in [3.8, 4) is 0 Å². The standard InChI is InChI=1S/C17H22N2O4S/c1-3-23-16(20)10-19-14-8-7-11(18)9-13(14)12-5-4-6-15(17(12)19)24(2,21)22/h4-6,11H,3,7-10,18H2,1-2H3. The van der Waals surface area contributed by atoms with E-state index in [4.69, 9.17) is 10.5 Å². The van der Waals surface area contributed by atoms with Gasteiger partial charge < -0.3 is 15.0 Å². The lowest BCUT2D eigenvalue weighted by molar-refractivity contribution is -0.143. The van der Waals surface area contributed by atoms with Crippen LogP contribution in [0.4, 0.5) is 0 Å². The molecule has 0 fully saturated rings. The molecule has 24 heavy (non-hydrogen) atoms. The Hall–Kier alpha value is -1.86. The van der Waals surface area contributed by atoms with Crippen LogP contribution in [-0.4, -0.2) is 37.9 Å². The minimum Gasteiger partial charge on any atom is -0.465 e. The number of hydrogen-bond acceptors (Lipinski definition) is 5. The fourth-order valence-electron chi connectivity index (χ4n) is 3.51. The van der Waals surface area contributed by atoms with Crippen LogP contribution in [-0.2, 0) is 38.8 Å². The molecule has 130 valence electrons. The lowest BCUT2D eigenvalue weighted by Crippen LogP contribution is -2.28. The van der Waals surface area contributed by atoms with Gasteiger partial charge in [0.1, 0.15) is 6.54 Å². The second-order valence-electron chi connectivity index (χ2n) is 6.24. The molecule has 2 aromatic rings. The number of benzene rings is 1. The maximum Gasteiger partial charge on any atom is 0.325 e. The fourth-order valence-corrected chi connectivity index (χ4v) is 4.40. The van der Waals surface area contributed by atoms with Gasteiger partial charge in [0.05, 0.1) is 17.0 Å². The van der Waals surface area contributed by atoms with E-state index in [-0.39, 0.29) is 23.5 Å². The van der Waals surface area contributed by atoms with Crippen molar-refractivity contribution in [3.05, 3.63) is 29.5 Å².